The highest BCUT2D eigenvalue weighted by Crippen LogP contribution is 2.55. The number of benzene rings is 3. The fraction of sp³-hybridized carbons (Fsp3) is 0.250. The summed E-state index contributed by atoms with van der Waals surface area (Å²) in [5.41, 5.74) is 0. The van der Waals surface area contributed by atoms with Gasteiger partial charge in [-0.15, -0.1) is 17.0 Å². The van der Waals surface area contributed by atoms with Crippen LogP contribution in [0, 0.1) is 0 Å². The molecule has 0 N–H and O–H groups in total. The topological polar surface area (TPSA) is 3.24 Å². The molecule has 0 unspecified atom stereocenters. The van der Waals surface area contributed by atoms with Gasteiger partial charge in [0, 0.05) is 0 Å². The Labute approximate surface area is 175 Å². The van der Waals surface area contributed by atoms with Gasteiger partial charge in [0.05, 0.1) is 6.16 Å². The fourth-order valence-corrected chi connectivity index (χ4v) is 8.07. The van der Waals surface area contributed by atoms with E-state index in [1.165, 1.54) is 34.9 Å². The fourth-order valence-electron chi connectivity index (χ4n) is 3.66. The molecular weight excluding hydrogens is 413 g/mol. The molecule has 0 amide bonds. The summed E-state index contributed by atoms with van der Waals surface area (Å²) in [6, 6.07) is 33.5. The van der Waals surface area contributed by atoms with Crippen molar-refractivity contribution in [2.75, 3.05) is 26.8 Å². The van der Waals surface area contributed by atoms with Crippen LogP contribution in [0.1, 0.15) is 12.8 Å². The summed E-state index contributed by atoms with van der Waals surface area (Å²) >= 11 is 0. The Kier molecular flexibility index (Phi) is 8.70. The van der Waals surface area contributed by atoms with Gasteiger partial charge >= 0.3 is 0 Å². The molecule has 0 atom stereocenters. The van der Waals surface area contributed by atoms with Gasteiger partial charge in [-0.1, -0.05) is 54.6 Å². The van der Waals surface area contributed by atoms with E-state index in [0.29, 0.717) is 0 Å². The van der Waals surface area contributed by atoms with Gasteiger partial charge in [-0.25, -0.2) is 0 Å². The van der Waals surface area contributed by atoms with E-state index in [1.54, 1.807) is 0 Å². The minimum Gasteiger partial charge on any atom is -0.309 e. The van der Waals surface area contributed by atoms with E-state index >= 15 is 0 Å². The van der Waals surface area contributed by atoms with E-state index in [2.05, 4.69) is 110 Å². The third-order valence-corrected chi connectivity index (χ3v) is 9.47. The predicted octanol–water partition coefficient (Wildman–Crippen LogP) is 4.90. The maximum Gasteiger partial charge on any atom is 0.112 e. The second-order valence-corrected chi connectivity index (χ2v) is 10.7. The average Bonchev–Trinajstić information content (AvgIpc) is 2.70. The third-order valence-electron chi connectivity index (χ3n) is 4.94. The first-order valence-electron chi connectivity index (χ1n) is 9.43. The van der Waals surface area contributed by atoms with E-state index in [1.807, 2.05) is 0 Å². The van der Waals surface area contributed by atoms with Crippen molar-refractivity contribution in [1.82, 2.24) is 4.90 Å². The standard InChI is InChI=1S/C24H29NP.BrH/c1-25(2)20-12-13-21-26(22-14-6-3-7-15-22,23-16-8-4-9-17-23)24-18-10-5-11-19-24;/h3-11,14-19H,12-13,20-21H2,1-2H3;1H/q+1;. The number of halogens is 1. The lowest BCUT2D eigenvalue weighted by Crippen LogP contribution is -2.33. The van der Waals surface area contributed by atoms with Crippen molar-refractivity contribution in [3.8, 4) is 0 Å². The zero-order valence-electron chi connectivity index (χ0n) is 16.3. The Bertz CT molecular complexity index is 679. The molecule has 3 rings (SSSR count). The van der Waals surface area contributed by atoms with Crippen molar-refractivity contribution in [2.45, 2.75) is 12.8 Å². The summed E-state index contributed by atoms with van der Waals surface area (Å²) < 4.78 is 0. The normalized spacial score (nSPS) is 11.2. The van der Waals surface area contributed by atoms with Crippen LogP contribution < -0.4 is 15.9 Å². The molecule has 0 aromatic heterocycles. The Hall–Kier alpha value is -1.47. The monoisotopic (exact) mass is 442 g/mol. The van der Waals surface area contributed by atoms with Crippen molar-refractivity contribution >= 4 is 40.2 Å². The summed E-state index contributed by atoms with van der Waals surface area (Å²) in [5, 5.41) is 4.46. The van der Waals surface area contributed by atoms with Gasteiger partial charge < -0.3 is 4.90 Å². The van der Waals surface area contributed by atoms with E-state index < -0.39 is 7.26 Å². The van der Waals surface area contributed by atoms with Crippen LogP contribution in [0.4, 0.5) is 0 Å². The maximum atomic E-state index is 2.33. The molecule has 1 nitrogen and oxygen atoms in total. The number of hydrogen-bond donors (Lipinski definition) is 0. The Morgan fingerprint density at radius 2 is 0.963 bits per heavy atom. The van der Waals surface area contributed by atoms with Gasteiger partial charge in [-0.05, 0) is 69.9 Å². The van der Waals surface area contributed by atoms with Crippen molar-refractivity contribution < 1.29 is 0 Å². The smallest absolute Gasteiger partial charge is 0.112 e. The first kappa shape index (κ1) is 21.8. The molecule has 3 aromatic rings. The Balaban J connectivity index is 0.00000261. The van der Waals surface area contributed by atoms with Crippen LogP contribution in [0.25, 0.3) is 0 Å². The lowest BCUT2D eigenvalue weighted by Gasteiger charge is -2.28. The predicted molar refractivity (Wildman–Crippen MR) is 128 cm³/mol. The van der Waals surface area contributed by atoms with Crippen LogP contribution in [0.5, 0.6) is 0 Å². The van der Waals surface area contributed by atoms with Gasteiger partial charge in [0.15, 0.2) is 0 Å². The highest BCUT2D eigenvalue weighted by molar-refractivity contribution is 8.93. The molecule has 3 aromatic carbocycles. The summed E-state index contributed by atoms with van der Waals surface area (Å²) in [6.07, 6.45) is 3.70. The molecule has 0 heterocycles. The zero-order valence-corrected chi connectivity index (χ0v) is 18.9. The van der Waals surface area contributed by atoms with Crippen LogP contribution in [0.15, 0.2) is 91.0 Å². The summed E-state index contributed by atoms with van der Waals surface area (Å²) in [5.74, 6) is 0. The van der Waals surface area contributed by atoms with Gasteiger partial charge in [0.25, 0.3) is 0 Å². The summed E-state index contributed by atoms with van der Waals surface area (Å²) in [6.45, 7) is 1.15. The molecule has 0 aliphatic rings. The Morgan fingerprint density at radius 1 is 0.593 bits per heavy atom. The lowest BCUT2D eigenvalue weighted by molar-refractivity contribution is 0.398. The van der Waals surface area contributed by atoms with E-state index in [0.717, 1.165) is 6.54 Å². The molecule has 0 bridgehead atoms. The third kappa shape index (κ3) is 5.29. The molecule has 0 aliphatic heterocycles. The molecule has 27 heavy (non-hydrogen) atoms. The first-order chi connectivity index (χ1) is 12.7. The van der Waals surface area contributed by atoms with E-state index in [9.17, 15) is 0 Å². The molecule has 3 heteroatoms. The van der Waals surface area contributed by atoms with Crippen molar-refractivity contribution in [3.05, 3.63) is 91.0 Å². The molecule has 142 valence electrons. The molecule has 0 spiro atoms. The summed E-state index contributed by atoms with van der Waals surface area (Å²) in [7, 11) is 2.69. The van der Waals surface area contributed by atoms with Crippen molar-refractivity contribution in [1.29, 1.82) is 0 Å². The van der Waals surface area contributed by atoms with Crippen LogP contribution in [-0.2, 0) is 0 Å². The quantitative estimate of drug-likeness (QED) is 0.354. The van der Waals surface area contributed by atoms with Gasteiger partial charge in [0.1, 0.15) is 23.2 Å². The zero-order chi connectivity index (χ0) is 18.2. The maximum absolute atomic E-state index is 2.33. The second-order valence-electron chi connectivity index (χ2n) is 7.05. The van der Waals surface area contributed by atoms with Crippen molar-refractivity contribution in [2.24, 2.45) is 0 Å². The van der Waals surface area contributed by atoms with Crippen LogP contribution in [0.3, 0.4) is 0 Å². The Morgan fingerprint density at radius 3 is 1.30 bits per heavy atom. The average molecular weight is 443 g/mol. The SMILES string of the molecule is Br.CN(C)CCCC[P+](c1ccccc1)(c1ccccc1)c1ccccc1. The number of hydrogen-bond acceptors (Lipinski definition) is 1. The van der Waals surface area contributed by atoms with Gasteiger partial charge in [-0.3, -0.25) is 0 Å². The number of nitrogens with zero attached hydrogens (tertiary/aromatic N) is 1. The minimum atomic E-state index is -1.63. The lowest BCUT2D eigenvalue weighted by atomic mass is 10.3. The number of unbranched alkanes of at least 4 members (excludes halogenated alkanes) is 1. The largest absolute Gasteiger partial charge is 0.309 e. The first-order valence-corrected chi connectivity index (χ1v) is 11.4. The second kappa shape index (κ2) is 10.8. The van der Waals surface area contributed by atoms with Crippen LogP contribution in [-0.4, -0.2) is 31.7 Å². The molecule has 0 aliphatic carbocycles. The highest BCUT2D eigenvalue weighted by atomic mass is 79.9. The molecule has 0 radical (unpaired) electrons. The summed E-state index contributed by atoms with van der Waals surface area (Å²) in [4.78, 5) is 2.29. The van der Waals surface area contributed by atoms with E-state index in [-0.39, 0.29) is 17.0 Å². The van der Waals surface area contributed by atoms with Crippen molar-refractivity contribution in [3.63, 3.8) is 0 Å². The van der Waals surface area contributed by atoms with Crippen LogP contribution in [0.2, 0.25) is 0 Å². The molecular formula is C24H30BrNP+. The molecule has 0 saturated heterocycles. The number of rotatable bonds is 8. The molecule has 0 saturated carbocycles. The van der Waals surface area contributed by atoms with Gasteiger partial charge in [-0.2, -0.15) is 0 Å². The highest BCUT2D eigenvalue weighted by Gasteiger charge is 2.44. The molecule has 0 fully saturated rings. The van der Waals surface area contributed by atoms with Gasteiger partial charge in [0.2, 0.25) is 0 Å². The minimum absolute atomic E-state index is 0. The van der Waals surface area contributed by atoms with Crippen LogP contribution >= 0.6 is 24.2 Å². The van der Waals surface area contributed by atoms with E-state index in [4.69, 9.17) is 0 Å².